The molecule has 0 spiro atoms. The molecule has 1 amide bonds. The molecule has 4 rings (SSSR count). The van der Waals surface area contributed by atoms with E-state index in [9.17, 15) is 30.0 Å². The number of carbonyl (C=O) groups is 2. The zero-order valence-corrected chi connectivity index (χ0v) is 17.7. The zero-order valence-electron chi connectivity index (χ0n) is 17.7. The Morgan fingerprint density at radius 2 is 1.64 bits per heavy atom. The van der Waals surface area contributed by atoms with Gasteiger partial charge in [0.1, 0.15) is 6.04 Å². The summed E-state index contributed by atoms with van der Waals surface area (Å²) < 4.78 is 4.98. The highest BCUT2D eigenvalue weighted by Gasteiger charge is 2.42. The summed E-state index contributed by atoms with van der Waals surface area (Å²) in [7, 11) is 1.23. The van der Waals surface area contributed by atoms with Gasteiger partial charge >= 0.3 is 5.97 Å². The number of hydrogen-bond donors (Lipinski definition) is 4. The maximum absolute atomic E-state index is 13.6. The van der Waals surface area contributed by atoms with E-state index in [1.807, 2.05) is 0 Å². The summed E-state index contributed by atoms with van der Waals surface area (Å²) in [4.78, 5) is 31.7. The molecular weight excluding hydrogens is 428 g/mol. The van der Waals surface area contributed by atoms with Crippen LogP contribution in [0.1, 0.15) is 33.1 Å². The van der Waals surface area contributed by atoms with Crippen molar-refractivity contribution in [3.8, 4) is 23.0 Å². The van der Waals surface area contributed by atoms with Crippen molar-refractivity contribution in [2.24, 2.45) is 0 Å². The summed E-state index contributed by atoms with van der Waals surface area (Å²) in [6.07, 6.45) is 3.16. The number of nitrogens with zero attached hydrogens (tertiary/aromatic N) is 2. The van der Waals surface area contributed by atoms with Crippen molar-refractivity contribution in [2.45, 2.75) is 24.9 Å². The van der Waals surface area contributed by atoms with Gasteiger partial charge in [0.15, 0.2) is 23.0 Å². The number of phenolic OH excluding ortho intramolecular Hbond substituents is 4. The van der Waals surface area contributed by atoms with E-state index < -0.39 is 24.0 Å². The fourth-order valence-electron chi connectivity index (χ4n) is 4.18. The maximum atomic E-state index is 13.6. The van der Waals surface area contributed by atoms with Crippen LogP contribution in [0.3, 0.4) is 0 Å². The standard InChI is InChI=1S/C24H22N2O7/c1-33-24(32)18-10-15-11-21(29)22(30)12-16(15)17(8-13-2-3-19(27)20(28)9-13)26(18)23(31)14-4-6-25-7-5-14/h2-7,9,11-12,17-18,27-30H,8,10H2,1H3/t17-,18-/m0/s1. The van der Waals surface area contributed by atoms with Gasteiger partial charge < -0.3 is 30.1 Å². The summed E-state index contributed by atoms with van der Waals surface area (Å²) in [6, 6.07) is 8.34. The lowest BCUT2D eigenvalue weighted by Crippen LogP contribution is -2.52. The van der Waals surface area contributed by atoms with E-state index in [2.05, 4.69) is 4.98 Å². The first-order chi connectivity index (χ1) is 15.8. The van der Waals surface area contributed by atoms with Crippen LogP contribution in [-0.2, 0) is 22.4 Å². The lowest BCUT2D eigenvalue weighted by molar-refractivity contribution is -0.147. The molecule has 0 saturated carbocycles. The molecule has 1 aliphatic rings. The Balaban J connectivity index is 1.88. The zero-order chi connectivity index (χ0) is 23.7. The predicted octanol–water partition coefficient (Wildman–Crippen LogP) is 2.43. The highest BCUT2D eigenvalue weighted by Crippen LogP contribution is 2.42. The van der Waals surface area contributed by atoms with Crippen molar-refractivity contribution in [3.63, 3.8) is 0 Å². The second-order valence-corrected chi connectivity index (χ2v) is 7.77. The molecule has 2 heterocycles. The molecule has 170 valence electrons. The molecule has 9 nitrogen and oxygen atoms in total. The Bertz CT molecular complexity index is 1210. The summed E-state index contributed by atoms with van der Waals surface area (Å²) in [5, 5.41) is 39.8. The molecule has 1 aliphatic heterocycles. The Morgan fingerprint density at radius 1 is 0.970 bits per heavy atom. The van der Waals surface area contributed by atoms with Crippen LogP contribution >= 0.6 is 0 Å². The quantitative estimate of drug-likeness (QED) is 0.351. The summed E-state index contributed by atoms with van der Waals surface area (Å²) >= 11 is 0. The Kier molecular flexibility index (Phi) is 5.78. The van der Waals surface area contributed by atoms with Crippen LogP contribution in [0.5, 0.6) is 23.0 Å². The predicted molar refractivity (Wildman–Crippen MR) is 116 cm³/mol. The van der Waals surface area contributed by atoms with Crippen LogP contribution < -0.4 is 0 Å². The number of rotatable bonds is 4. The lowest BCUT2D eigenvalue weighted by Gasteiger charge is -2.42. The number of fused-ring (bicyclic) bond motifs is 1. The van der Waals surface area contributed by atoms with E-state index in [-0.39, 0.29) is 35.8 Å². The largest absolute Gasteiger partial charge is 0.504 e. The van der Waals surface area contributed by atoms with E-state index in [1.54, 1.807) is 6.07 Å². The molecule has 0 fully saturated rings. The van der Waals surface area contributed by atoms with Crippen LogP contribution in [0.25, 0.3) is 0 Å². The number of methoxy groups -OCH3 is 1. The van der Waals surface area contributed by atoms with E-state index in [1.165, 1.54) is 60.8 Å². The Hall–Kier alpha value is -4.27. The number of hydrogen-bond acceptors (Lipinski definition) is 8. The van der Waals surface area contributed by atoms with Crippen LogP contribution in [-0.4, -0.2) is 55.3 Å². The second-order valence-electron chi connectivity index (χ2n) is 7.77. The van der Waals surface area contributed by atoms with Gasteiger partial charge in [0.05, 0.1) is 13.2 Å². The first-order valence-electron chi connectivity index (χ1n) is 10.2. The molecule has 0 unspecified atom stereocenters. The third kappa shape index (κ3) is 4.12. The SMILES string of the molecule is COC(=O)[C@@H]1Cc2cc(O)c(O)cc2[C@H](Cc2ccc(O)c(O)c2)N1C(=O)c1ccncc1. The molecule has 1 aromatic heterocycles. The molecule has 9 heteroatoms. The molecule has 0 bridgehead atoms. The Labute approximate surface area is 189 Å². The molecule has 2 aromatic carbocycles. The van der Waals surface area contributed by atoms with Crippen LogP contribution in [0.15, 0.2) is 54.9 Å². The van der Waals surface area contributed by atoms with E-state index in [0.29, 0.717) is 22.3 Å². The molecule has 2 atom stereocenters. The number of amides is 1. The van der Waals surface area contributed by atoms with Gasteiger partial charge in [-0.15, -0.1) is 0 Å². The number of carbonyl (C=O) groups excluding carboxylic acids is 2. The lowest BCUT2D eigenvalue weighted by atomic mass is 9.84. The average Bonchev–Trinajstić information content (AvgIpc) is 2.82. The van der Waals surface area contributed by atoms with Gasteiger partial charge in [0, 0.05) is 24.4 Å². The molecule has 0 saturated heterocycles. The fourth-order valence-corrected chi connectivity index (χ4v) is 4.18. The molecular formula is C24H22N2O7. The number of benzene rings is 2. The topological polar surface area (TPSA) is 140 Å². The fraction of sp³-hybridized carbons (Fsp3) is 0.208. The first kappa shape index (κ1) is 21.9. The van der Waals surface area contributed by atoms with Gasteiger partial charge in [-0.1, -0.05) is 6.07 Å². The van der Waals surface area contributed by atoms with Crippen molar-refractivity contribution in [3.05, 3.63) is 77.1 Å². The van der Waals surface area contributed by atoms with E-state index in [0.717, 1.165) is 0 Å². The van der Waals surface area contributed by atoms with Crippen LogP contribution in [0.2, 0.25) is 0 Å². The van der Waals surface area contributed by atoms with Gasteiger partial charge in [-0.05, 0) is 59.5 Å². The van der Waals surface area contributed by atoms with Crippen molar-refractivity contribution >= 4 is 11.9 Å². The van der Waals surface area contributed by atoms with Crippen molar-refractivity contribution in [1.82, 2.24) is 9.88 Å². The molecule has 0 aliphatic carbocycles. The smallest absolute Gasteiger partial charge is 0.328 e. The average molecular weight is 450 g/mol. The number of esters is 1. The number of aromatic nitrogens is 1. The molecule has 4 N–H and O–H groups in total. The van der Waals surface area contributed by atoms with Gasteiger partial charge in [0.25, 0.3) is 5.91 Å². The number of ether oxygens (including phenoxy) is 1. The minimum absolute atomic E-state index is 0.0734. The molecule has 0 radical (unpaired) electrons. The summed E-state index contributed by atoms with van der Waals surface area (Å²) in [5.41, 5.74) is 2.00. The second kappa shape index (κ2) is 8.70. The third-order valence-electron chi connectivity index (χ3n) is 5.78. The van der Waals surface area contributed by atoms with Gasteiger partial charge in [-0.25, -0.2) is 4.79 Å². The minimum atomic E-state index is -0.997. The minimum Gasteiger partial charge on any atom is -0.504 e. The first-order valence-corrected chi connectivity index (χ1v) is 10.2. The molecule has 33 heavy (non-hydrogen) atoms. The van der Waals surface area contributed by atoms with Gasteiger partial charge in [-0.3, -0.25) is 9.78 Å². The van der Waals surface area contributed by atoms with Crippen LogP contribution in [0, 0.1) is 0 Å². The highest BCUT2D eigenvalue weighted by molar-refractivity contribution is 5.97. The Morgan fingerprint density at radius 3 is 2.30 bits per heavy atom. The van der Waals surface area contributed by atoms with Crippen molar-refractivity contribution in [1.29, 1.82) is 0 Å². The van der Waals surface area contributed by atoms with Crippen LogP contribution in [0.4, 0.5) is 0 Å². The number of pyridine rings is 1. The number of phenols is 4. The van der Waals surface area contributed by atoms with Gasteiger partial charge in [0.2, 0.25) is 0 Å². The normalized spacial score (nSPS) is 17.3. The monoisotopic (exact) mass is 450 g/mol. The van der Waals surface area contributed by atoms with Gasteiger partial charge in [-0.2, -0.15) is 0 Å². The summed E-state index contributed by atoms with van der Waals surface area (Å²) in [6.45, 7) is 0. The highest BCUT2D eigenvalue weighted by atomic mass is 16.5. The maximum Gasteiger partial charge on any atom is 0.328 e. The summed E-state index contributed by atoms with van der Waals surface area (Å²) in [5.74, 6) is -2.39. The van der Waals surface area contributed by atoms with E-state index in [4.69, 9.17) is 4.74 Å². The third-order valence-corrected chi connectivity index (χ3v) is 5.78. The molecule has 3 aromatic rings. The van der Waals surface area contributed by atoms with E-state index >= 15 is 0 Å². The van der Waals surface area contributed by atoms with Crippen molar-refractivity contribution in [2.75, 3.05) is 7.11 Å². The number of aromatic hydroxyl groups is 4. The van der Waals surface area contributed by atoms with Crippen molar-refractivity contribution < 1.29 is 34.8 Å².